The van der Waals surface area contributed by atoms with Crippen molar-refractivity contribution in [2.75, 3.05) is 19.7 Å². The molecular weight excluding hydrogens is 393 g/mol. The van der Waals surface area contributed by atoms with Gasteiger partial charge in [0.05, 0.1) is 18.2 Å². The number of benzene rings is 1. The number of likely N-dealkylation sites (tertiary alicyclic amines) is 1. The SMILES string of the molecule is CC[C@H]1C[C@@H]2CN(Cc3ccc(C(F)(F)F)cc3)CC[C@@]23OC[C@H](C(C)C)N3C1=O. The fourth-order valence-electron chi connectivity index (χ4n) is 5.51. The second kappa shape index (κ2) is 7.83. The lowest BCUT2D eigenvalue weighted by atomic mass is 9.74. The van der Waals surface area contributed by atoms with Crippen molar-refractivity contribution in [2.45, 2.75) is 64.5 Å². The first-order valence-corrected chi connectivity index (χ1v) is 11.0. The molecule has 1 amide bonds. The van der Waals surface area contributed by atoms with Crippen LogP contribution in [0.15, 0.2) is 24.3 Å². The van der Waals surface area contributed by atoms with E-state index in [0.29, 0.717) is 19.1 Å². The third-order valence-corrected chi connectivity index (χ3v) is 7.25. The number of piperidine rings is 2. The topological polar surface area (TPSA) is 32.8 Å². The van der Waals surface area contributed by atoms with Crippen molar-refractivity contribution in [1.29, 1.82) is 0 Å². The van der Waals surface area contributed by atoms with Crippen LogP contribution in [-0.4, -0.2) is 47.2 Å². The Labute approximate surface area is 176 Å². The molecule has 0 aliphatic carbocycles. The van der Waals surface area contributed by atoms with E-state index >= 15 is 0 Å². The van der Waals surface area contributed by atoms with Gasteiger partial charge in [-0.2, -0.15) is 13.2 Å². The van der Waals surface area contributed by atoms with Gasteiger partial charge in [-0.3, -0.25) is 9.69 Å². The highest BCUT2D eigenvalue weighted by atomic mass is 19.4. The number of alkyl halides is 3. The molecule has 0 radical (unpaired) electrons. The van der Waals surface area contributed by atoms with Crippen LogP contribution in [-0.2, 0) is 22.3 Å². The maximum Gasteiger partial charge on any atom is 0.416 e. The van der Waals surface area contributed by atoms with E-state index in [0.717, 1.165) is 50.0 Å². The lowest BCUT2D eigenvalue weighted by molar-refractivity contribution is -0.201. The summed E-state index contributed by atoms with van der Waals surface area (Å²) < 4.78 is 44.9. The van der Waals surface area contributed by atoms with Gasteiger partial charge in [0.25, 0.3) is 0 Å². The van der Waals surface area contributed by atoms with Crippen LogP contribution in [0.4, 0.5) is 13.2 Å². The monoisotopic (exact) mass is 424 g/mol. The molecule has 3 aliphatic heterocycles. The minimum Gasteiger partial charge on any atom is -0.353 e. The van der Waals surface area contributed by atoms with Crippen molar-refractivity contribution in [3.8, 4) is 0 Å². The van der Waals surface area contributed by atoms with Gasteiger partial charge in [0.2, 0.25) is 5.91 Å². The molecule has 3 aliphatic rings. The molecule has 3 saturated heterocycles. The molecule has 3 heterocycles. The van der Waals surface area contributed by atoms with E-state index in [1.165, 1.54) is 0 Å². The van der Waals surface area contributed by atoms with Crippen LogP contribution < -0.4 is 0 Å². The Balaban J connectivity index is 1.51. The van der Waals surface area contributed by atoms with Crippen molar-refractivity contribution in [3.63, 3.8) is 0 Å². The van der Waals surface area contributed by atoms with Crippen LogP contribution in [0.1, 0.15) is 51.2 Å². The molecule has 1 spiro atoms. The van der Waals surface area contributed by atoms with E-state index < -0.39 is 17.5 Å². The van der Waals surface area contributed by atoms with Crippen LogP contribution in [0, 0.1) is 17.8 Å². The van der Waals surface area contributed by atoms with Gasteiger partial charge in [0, 0.05) is 37.9 Å². The predicted molar refractivity (Wildman–Crippen MR) is 107 cm³/mol. The summed E-state index contributed by atoms with van der Waals surface area (Å²) in [4.78, 5) is 17.6. The number of ether oxygens (including phenoxy) is 1. The lowest BCUT2D eigenvalue weighted by Gasteiger charge is -2.55. The van der Waals surface area contributed by atoms with Gasteiger partial charge in [-0.15, -0.1) is 0 Å². The number of hydrogen-bond acceptors (Lipinski definition) is 3. The summed E-state index contributed by atoms with van der Waals surface area (Å²) in [5.41, 5.74) is -0.244. The van der Waals surface area contributed by atoms with E-state index in [4.69, 9.17) is 4.74 Å². The van der Waals surface area contributed by atoms with Gasteiger partial charge in [0.1, 0.15) is 5.72 Å². The van der Waals surface area contributed by atoms with E-state index in [1.54, 1.807) is 12.1 Å². The van der Waals surface area contributed by atoms with Gasteiger partial charge in [-0.25, -0.2) is 0 Å². The lowest BCUT2D eigenvalue weighted by Crippen LogP contribution is -2.66. The second-order valence-electron chi connectivity index (χ2n) is 9.39. The van der Waals surface area contributed by atoms with Crippen molar-refractivity contribution < 1.29 is 22.7 Å². The highest BCUT2D eigenvalue weighted by molar-refractivity contribution is 5.81. The summed E-state index contributed by atoms with van der Waals surface area (Å²) in [5, 5.41) is 0. The predicted octanol–water partition coefficient (Wildman–Crippen LogP) is 4.54. The molecule has 4 rings (SSSR count). The van der Waals surface area contributed by atoms with Gasteiger partial charge in [0.15, 0.2) is 0 Å². The second-order valence-corrected chi connectivity index (χ2v) is 9.39. The van der Waals surface area contributed by atoms with Crippen LogP contribution in [0.5, 0.6) is 0 Å². The number of nitrogens with zero attached hydrogens (tertiary/aromatic N) is 2. The maximum absolute atomic E-state index is 13.2. The fraction of sp³-hybridized carbons (Fsp3) is 0.696. The third-order valence-electron chi connectivity index (χ3n) is 7.25. The molecule has 0 N–H and O–H groups in total. The Morgan fingerprint density at radius 1 is 1.23 bits per heavy atom. The highest BCUT2D eigenvalue weighted by Gasteiger charge is 2.60. The van der Waals surface area contributed by atoms with E-state index in [1.807, 2.05) is 0 Å². The minimum absolute atomic E-state index is 0.0251. The standard InChI is InChI=1S/C23H31F3N2O2/c1-4-17-11-19-13-27(12-16-5-7-18(8-6-16)23(24,25)26)10-9-22(19)28(21(17)29)20(14-30-22)15(2)3/h5-8,15,17,19-20H,4,9-14H2,1-3H3/t17-,19+,20+,22+/m0/s1. The van der Waals surface area contributed by atoms with Crippen LogP contribution in [0.3, 0.4) is 0 Å². The Kier molecular flexibility index (Phi) is 5.64. The quantitative estimate of drug-likeness (QED) is 0.712. The molecule has 166 valence electrons. The zero-order valence-electron chi connectivity index (χ0n) is 17.9. The molecule has 0 bridgehead atoms. The molecule has 1 aromatic carbocycles. The Bertz CT molecular complexity index is 780. The summed E-state index contributed by atoms with van der Waals surface area (Å²) in [6.07, 6.45) is -1.91. The summed E-state index contributed by atoms with van der Waals surface area (Å²) in [6.45, 7) is 9.13. The smallest absolute Gasteiger partial charge is 0.353 e. The number of hydrogen-bond donors (Lipinski definition) is 0. The van der Waals surface area contributed by atoms with Crippen molar-refractivity contribution in [2.24, 2.45) is 17.8 Å². The Hall–Kier alpha value is -1.60. The summed E-state index contributed by atoms with van der Waals surface area (Å²) in [5.74, 6) is 0.833. The molecular formula is C23H31F3N2O2. The molecule has 4 atom stereocenters. The third kappa shape index (κ3) is 3.64. The molecule has 1 aromatic rings. The molecule has 0 saturated carbocycles. The number of halogens is 3. The van der Waals surface area contributed by atoms with Crippen LogP contribution in [0.2, 0.25) is 0 Å². The van der Waals surface area contributed by atoms with E-state index in [-0.39, 0.29) is 23.8 Å². The van der Waals surface area contributed by atoms with Crippen molar-refractivity contribution in [1.82, 2.24) is 9.80 Å². The minimum atomic E-state index is -4.31. The first kappa shape index (κ1) is 21.6. The number of rotatable bonds is 4. The first-order chi connectivity index (χ1) is 14.2. The summed E-state index contributed by atoms with van der Waals surface area (Å²) >= 11 is 0. The number of amides is 1. The van der Waals surface area contributed by atoms with Crippen LogP contribution in [0.25, 0.3) is 0 Å². The molecule has 0 unspecified atom stereocenters. The zero-order valence-corrected chi connectivity index (χ0v) is 17.9. The number of carbonyl (C=O) groups is 1. The number of carbonyl (C=O) groups excluding carboxylic acids is 1. The van der Waals surface area contributed by atoms with E-state index in [2.05, 4.69) is 30.6 Å². The van der Waals surface area contributed by atoms with Gasteiger partial charge in [-0.05, 0) is 36.5 Å². The Morgan fingerprint density at radius 2 is 1.93 bits per heavy atom. The van der Waals surface area contributed by atoms with Crippen molar-refractivity contribution >= 4 is 5.91 Å². The molecule has 0 aromatic heterocycles. The Morgan fingerprint density at radius 3 is 2.53 bits per heavy atom. The highest BCUT2D eigenvalue weighted by Crippen LogP contribution is 2.49. The normalized spacial score (nSPS) is 32.4. The molecule has 30 heavy (non-hydrogen) atoms. The average molecular weight is 425 g/mol. The summed E-state index contributed by atoms with van der Waals surface area (Å²) in [7, 11) is 0. The largest absolute Gasteiger partial charge is 0.416 e. The molecule has 3 fully saturated rings. The maximum atomic E-state index is 13.2. The van der Waals surface area contributed by atoms with Gasteiger partial charge in [-0.1, -0.05) is 32.9 Å². The summed E-state index contributed by atoms with van der Waals surface area (Å²) in [6, 6.07) is 5.57. The van der Waals surface area contributed by atoms with Crippen molar-refractivity contribution in [3.05, 3.63) is 35.4 Å². The zero-order chi connectivity index (χ0) is 21.7. The molecule has 7 heteroatoms. The first-order valence-electron chi connectivity index (χ1n) is 11.0. The van der Waals surface area contributed by atoms with Crippen LogP contribution >= 0.6 is 0 Å². The van der Waals surface area contributed by atoms with Gasteiger partial charge >= 0.3 is 6.18 Å². The van der Waals surface area contributed by atoms with E-state index in [9.17, 15) is 18.0 Å². The molecule has 4 nitrogen and oxygen atoms in total. The average Bonchev–Trinajstić information content (AvgIpc) is 3.09. The fourth-order valence-corrected chi connectivity index (χ4v) is 5.51. The van der Waals surface area contributed by atoms with Gasteiger partial charge < -0.3 is 9.64 Å².